The van der Waals surface area contributed by atoms with Crippen LogP contribution in [-0.2, 0) is 10.0 Å². The number of hydrogen-bond acceptors (Lipinski definition) is 3. The summed E-state index contributed by atoms with van der Waals surface area (Å²) in [7, 11) is -2.91. The lowest BCUT2D eigenvalue weighted by Gasteiger charge is -2.07. The zero-order chi connectivity index (χ0) is 6.91. The van der Waals surface area contributed by atoms with Gasteiger partial charge in [0, 0.05) is 6.54 Å². The molecule has 0 aliphatic carbocycles. The quantitative estimate of drug-likeness (QED) is 0.530. The highest BCUT2D eigenvalue weighted by Gasteiger charge is 2.25. The zero-order valence-corrected chi connectivity index (χ0v) is 6.11. The van der Waals surface area contributed by atoms with Gasteiger partial charge in [-0.2, -0.15) is 4.31 Å². The molecule has 0 bridgehead atoms. The fraction of sp³-hybridized carbons (Fsp3) is 1.00. The lowest BCUT2D eigenvalue weighted by atomic mass is 10.7. The van der Waals surface area contributed by atoms with Crippen molar-refractivity contribution in [2.45, 2.75) is 6.92 Å². The molecule has 1 fully saturated rings. The number of nitrogens with zero attached hydrogens (tertiary/aromatic N) is 1. The van der Waals surface area contributed by atoms with Gasteiger partial charge >= 0.3 is 0 Å². The molecule has 1 N–H and O–H groups in total. The summed E-state index contributed by atoms with van der Waals surface area (Å²) in [4.78, 5) is 0. The molecule has 0 aromatic rings. The molecule has 0 aromatic heterocycles. The van der Waals surface area contributed by atoms with Gasteiger partial charge < -0.3 is 0 Å². The highest BCUT2D eigenvalue weighted by atomic mass is 32.2. The van der Waals surface area contributed by atoms with E-state index in [0.29, 0.717) is 13.2 Å². The lowest BCUT2D eigenvalue weighted by molar-refractivity contribution is 0.449. The van der Waals surface area contributed by atoms with E-state index in [0.717, 1.165) is 0 Å². The van der Waals surface area contributed by atoms with Crippen molar-refractivity contribution in [3.8, 4) is 0 Å². The normalized spacial score (nSPS) is 26.8. The first-order chi connectivity index (χ1) is 4.17. The van der Waals surface area contributed by atoms with Gasteiger partial charge in [-0.1, -0.05) is 6.92 Å². The second-order valence-electron chi connectivity index (χ2n) is 1.93. The molecule has 0 spiro atoms. The number of hydrogen-bond donors (Lipinski definition) is 1. The molecular weight excluding hydrogens is 140 g/mol. The summed E-state index contributed by atoms with van der Waals surface area (Å²) < 4.78 is 23.1. The molecule has 0 aromatic carbocycles. The molecule has 1 saturated heterocycles. The highest BCUT2D eigenvalue weighted by molar-refractivity contribution is 7.89. The predicted octanol–water partition coefficient (Wildman–Crippen LogP) is -0.844. The van der Waals surface area contributed by atoms with E-state index >= 15 is 0 Å². The van der Waals surface area contributed by atoms with Gasteiger partial charge in [0.15, 0.2) is 0 Å². The Labute approximate surface area is 54.9 Å². The van der Waals surface area contributed by atoms with Crippen LogP contribution in [0, 0.1) is 0 Å². The van der Waals surface area contributed by atoms with Crippen molar-refractivity contribution in [2.24, 2.45) is 0 Å². The summed E-state index contributed by atoms with van der Waals surface area (Å²) in [5, 5.41) is 2.75. The molecule has 0 amide bonds. The maximum Gasteiger partial charge on any atom is 0.228 e. The van der Waals surface area contributed by atoms with Crippen molar-refractivity contribution >= 4 is 10.0 Å². The molecule has 1 heterocycles. The van der Waals surface area contributed by atoms with E-state index in [-0.39, 0.29) is 5.88 Å². The van der Waals surface area contributed by atoms with Crippen molar-refractivity contribution in [3.05, 3.63) is 0 Å². The van der Waals surface area contributed by atoms with E-state index in [1.165, 1.54) is 4.31 Å². The first-order valence-corrected chi connectivity index (χ1v) is 4.46. The molecule has 0 atom stereocenters. The van der Waals surface area contributed by atoms with Gasteiger partial charge in [-0.3, -0.25) is 5.32 Å². The van der Waals surface area contributed by atoms with Crippen LogP contribution >= 0.6 is 0 Å². The highest BCUT2D eigenvalue weighted by Crippen LogP contribution is 2.02. The van der Waals surface area contributed by atoms with Crippen molar-refractivity contribution in [1.29, 1.82) is 0 Å². The zero-order valence-electron chi connectivity index (χ0n) is 5.29. The van der Waals surface area contributed by atoms with Crippen LogP contribution < -0.4 is 5.32 Å². The van der Waals surface area contributed by atoms with Gasteiger partial charge in [0.2, 0.25) is 10.0 Å². The maximum absolute atomic E-state index is 10.9. The predicted molar refractivity (Wildman–Crippen MR) is 34.2 cm³/mol. The summed E-state index contributed by atoms with van der Waals surface area (Å²) in [6.45, 7) is 2.86. The molecular formula is C4H10N2O2S. The van der Waals surface area contributed by atoms with E-state index in [2.05, 4.69) is 5.32 Å². The first kappa shape index (κ1) is 6.98. The Morgan fingerprint density at radius 2 is 2.33 bits per heavy atom. The molecule has 1 rings (SSSR count). The average molecular weight is 150 g/mol. The monoisotopic (exact) mass is 150 g/mol. The van der Waals surface area contributed by atoms with Gasteiger partial charge in [-0.25, -0.2) is 8.42 Å². The Hall–Kier alpha value is -0.130. The smallest absolute Gasteiger partial charge is 0.228 e. The van der Waals surface area contributed by atoms with Crippen molar-refractivity contribution < 1.29 is 8.42 Å². The Bertz CT molecular complexity index is 187. The van der Waals surface area contributed by atoms with Gasteiger partial charge in [0.25, 0.3) is 0 Å². The van der Waals surface area contributed by atoms with E-state index in [1.807, 2.05) is 6.92 Å². The molecule has 1 aliphatic heterocycles. The van der Waals surface area contributed by atoms with Crippen LogP contribution in [-0.4, -0.2) is 31.8 Å². The van der Waals surface area contributed by atoms with Crippen molar-refractivity contribution in [1.82, 2.24) is 9.62 Å². The minimum Gasteiger partial charge on any atom is -0.289 e. The summed E-state index contributed by atoms with van der Waals surface area (Å²) >= 11 is 0. The molecule has 0 unspecified atom stereocenters. The molecule has 0 radical (unpaired) electrons. The minimum absolute atomic E-state index is 0.0981. The molecule has 0 saturated carbocycles. The third-order valence-electron chi connectivity index (χ3n) is 1.32. The summed E-state index contributed by atoms with van der Waals surface area (Å²) in [5.74, 6) is 0.0981. The lowest BCUT2D eigenvalue weighted by Crippen LogP contribution is -2.25. The van der Waals surface area contributed by atoms with E-state index in [4.69, 9.17) is 0 Å². The van der Waals surface area contributed by atoms with Gasteiger partial charge in [0.1, 0.15) is 5.88 Å². The number of rotatable bonds is 1. The Morgan fingerprint density at radius 3 is 2.56 bits per heavy atom. The van der Waals surface area contributed by atoms with E-state index in [9.17, 15) is 8.42 Å². The molecule has 1 aliphatic rings. The maximum atomic E-state index is 10.9. The number of nitrogens with one attached hydrogen (secondary N) is 1. The summed E-state index contributed by atoms with van der Waals surface area (Å²) in [6.07, 6.45) is 0. The second-order valence-corrected chi connectivity index (χ2v) is 3.90. The second kappa shape index (κ2) is 2.24. The fourth-order valence-corrected chi connectivity index (χ4v) is 2.01. The molecule has 9 heavy (non-hydrogen) atoms. The average Bonchev–Trinajstić information content (AvgIpc) is 2.08. The Morgan fingerprint density at radius 1 is 1.67 bits per heavy atom. The minimum atomic E-state index is -2.91. The van der Waals surface area contributed by atoms with Crippen LogP contribution in [0.2, 0.25) is 0 Å². The molecule has 4 nitrogen and oxygen atoms in total. The Kier molecular flexibility index (Phi) is 1.74. The third kappa shape index (κ3) is 1.23. The summed E-state index contributed by atoms with van der Waals surface area (Å²) in [5.41, 5.74) is 0. The number of sulfonamides is 1. The molecule has 54 valence electrons. The SMILES string of the molecule is CCN1CNCS1(=O)=O. The van der Waals surface area contributed by atoms with Gasteiger partial charge in [0.05, 0.1) is 6.67 Å². The van der Waals surface area contributed by atoms with Gasteiger partial charge in [-0.05, 0) is 0 Å². The van der Waals surface area contributed by atoms with Crippen LogP contribution in [0.4, 0.5) is 0 Å². The van der Waals surface area contributed by atoms with Crippen LogP contribution in [0.5, 0.6) is 0 Å². The first-order valence-electron chi connectivity index (χ1n) is 2.85. The fourth-order valence-electron chi connectivity index (χ4n) is 0.797. The molecule has 5 heteroatoms. The van der Waals surface area contributed by atoms with Crippen LogP contribution in [0.15, 0.2) is 0 Å². The standard InChI is InChI=1S/C4H10N2O2S/c1-2-6-3-5-4-9(6,7)8/h5H,2-4H2,1H3. The van der Waals surface area contributed by atoms with Crippen molar-refractivity contribution in [2.75, 3.05) is 19.1 Å². The topological polar surface area (TPSA) is 49.4 Å². The van der Waals surface area contributed by atoms with E-state index < -0.39 is 10.0 Å². The summed E-state index contributed by atoms with van der Waals surface area (Å²) in [6, 6.07) is 0. The van der Waals surface area contributed by atoms with Crippen LogP contribution in [0.25, 0.3) is 0 Å². The van der Waals surface area contributed by atoms with Crippen LogP contribution in [0.1, 0.15) is 6.92 Å². The van der Waals surface area contributed by atoms with E-state index in [1.54, 1.807) is 0 Å². The third-order valence-corrected chi connectivity index (χ3v) is 3.06. The van der Waals surface area contributed by atoms with Crippen LogP contribution in [0.3, 0.4) is 0 Å². The largest absolute Gasteiger partial charge is 0.289 e. The van der Waals surface area contributed by atoms with Crippen molar-refractivity contribution in [3.63, 3.8) is 0 Å². The Balaban J connectivity index is 2.75. The van der Waals surface area contributed by atoms with Gasteiger partial charge in [-0.15, -0.1) is 0 Å².